The molecule has 1 fully saturated rings. The maximum Gasteiger partial charge on any atom is 0.184 e. The molecule has 1 atom stereocenters. The summed E-state index contributed by atoms with van der Waals surface area (Å²) >= 11 is 1.76. The van der Waals surface area contributed by atoms with Gasteiger partial charge in [0, 0.05) is 12.6 Å². The fraction of sp³-hybridized carbons (Fsp3) is 0.462. The van der Waals surface area contributed by atoms with Gasteiger partial charge in [-0.2, -0.15) is 0 Å². The van der Waals surface area contributed by atoms with E-state index in [0.717, 1.165) is 30.2 Å². The number of nitrogens with zero attached hydrogens (tertiary/aromatic N) is 1. The van der Waals surface area contributed by atoms with Crippen molar-refractivity contribution in [2.24, 2.45) is 0 Å². The Kier molecular flexibility index (Phi) is 2.99. The molecule has 1 unspecified atom stereocenters. The highest BCUT2D eigenvalue weighted by Crippen LogP contribution is 2.27. The molecule has 1 aliphatic heterocycles. The van der Waals surface area contributed by atoms with Crippen molar-refractivity contribution in [2.45, 2.75) is 25.8 Å². The number of hydrogen-bond donors (Lipinski definition) is 2. The molecule has 90 valence electrons. The number of fused-ring (bicyclic) bond motifs is 1. The lowest BCUT2D eigenvalue weighted by Gasteiger charge is -2.08. The van der Waals surface area contributed by atoms with Crippen molar-refractivity contribution in [3.8, 4) is 0 Å². The molecule has 2 aromatic rings. The molecule has 1 aromatic heterocycles. The van der Waals surface area contributed by atoms with Crippen molar-refractivity contribution in [1.29, 1.82) is 0 Å². The molecular weight excluding hydrogens is 230 g/mol. The van der Waals surface area contributed by atoms with E-state index in [1.165, 1.54) is 16.7 Å². The van der Waals surface area contributed by atoms with Gasteiger partial charge in [-0.3, -0.25) is 0 Å². The minimum atomic E-state index is 0.543. The molecule has 2 N–H and O–H groups in total. The van der Waals surface area contributed by atoms with Gasteiger partial charge < -0.3 is 10.6 Å². The summed E-state index contributed by atoms with van der Waals surface area (Å²) in [6, 6.07) is 7.10. The molecule has 0 saturated carbocycles. The maximum atomic E-state index is 4.63. The van der Waals surface area contributed by atoms with Crippen LogP contribution in [0.3, 0.4) is 0 Å². The van der Waals surface area contributed by atoms with E-state index in [-0.39, 0.29) is 0 Å². The van der Waals surface area contributed by atoms with Crippen LogP contribution >= 0.6 is 11.3 Å². The molecule has 0 aliphatic carbocycles. The number of aromatic nitrogens is 1. The zero-order valence-electron chi connectivity index (χ0n) is 9.99. The monoisotopic (exact) mass is 247 g/mol. The van der Waals surface area contributed by atoms with E-state index in [1.54, 1.807) is 11.3 Å². The molecule has 3 rings (SSSR count). The number of benzene rings is 1. The molecule has 1 saturated heterocycles. The average Bonchev–Trinajstić information content (AvgIpc) is 2.96. The van der Waals surface area contributed by atoms with E-state index >= 15 is 0 Å². The van der Waals surface area contributed by atoms with Gasteiger partial charge in [-0.05, 0) is 37.1 Å². The summed E-state index contributed by atoms with van der Waals surface area (Å²) in [6.07, 6.45) is 2.28. The highest BCUT2D eigenvalue weighted by Gasteiger charge is 2.15. The van der Waals surface area contributed by atoms with Gasteiger partial charge >= 0.3 is 0 Å². The van der Waals surface area contributed by atoms with Crippen LogP contribution < -0.4 is 10.6 Å². The number of hydrogen-bond acceptors (Lipinski definition) is 4. The number of rotatable bonds is 3. The Labute approximate surface area is 105 Å². The molecule has 3 nitrogen and oxygen atoms in total. The third-order valence-corrected chi connectivity index (χ3v) is 4.20. The largest absolute Gasteiger partial charge is 0.357 e. The van der Waals surface area contributed by atoms with Crippen LogP contribution in [0.1, 0.15) is 18.9 Å². The zero-order valence-corrected chi connectivity index (χ0v) is 10.8. The lowest BCUT2D eigenvalue weighted by Crippen LogP contribution is -2.21. The van der Waals surface area contributed by atoms with Gasteiger partial charge in [0.25, 0.3) is 0 Å². The third kappa shape index (κ3) is 2.28. The van der Waals surface area contributed by atoms with Crippen LogP contribution in [0.25, 0.3) is 10.2 Å². The van der Waals surface area contributed by atoms with Gasteiger partial charge in [-0.25, -0.2) is 4.98 Å². The van der Waals surface area contributed by atoms with Crippen molar-refractivity contribution in [2.75, 3.05) is 18.4 Å². The van der Waals surface area contributed by atoms with Crippen molar-refractivity contribution in [3.63, 3.8) is 0 Å². The van der Waals surface area contributed by atoms with Crippen molar-refractivity contribution in [1.82, 2.24) is 10.3 Å². The molecule has 0 bridgehead atoms. The predicted molar refractivity (Wildman–Crippen MR) is 73.9 cm³/mol. The second kappa shape index (κ2) is 4.63. The van der Waals surface area contributed by atoms with Crippen LogP contribution in [0.4, 0.5) is 5.13 Å². The standard InChI is InChI=1S/C13H17N3S/c1-2-9-3-4-11-12(7-9)17-13(16-11)15-10-5-6-14-8-10/h3-4,7,10,14H,2,5-6,8H2,1H3,(H,15,16). The summed E-state index contributed by atoms with van der Waals surface area (Å²) in [7, 11) is 0. The normalized spacial score (nSPS) is 19.9. The highest BCUT2D eigenvalue weighted by atomic mass is 32.1. The van der Waals surface area contributed by atoms with Crippen LogP contribution in [0, 0.1) is 0 Å². The Balaban J connectivity index is 1.85. The molecule has 0 spiro atoms. The first-order valence-corrected chi connectivity index (χ1v) is 7.03. The second-order valence-corrected chi connectivity index (χ2v) is 5.54. The topological polar surface area (TPSA) is 37.0 Å². The minimum Gasteiger partial charge on any atom is -0.357 e. The SMILES string of the molecule is CCc1ccc2nc(NC3CCNC3)sc2c1. The molecule has 1 aromatic carbocycles. The summed E-state index contributed by atoms with van der Waals surface area (Å²) in [6.45, 7) is 4.35. The predicted octanol–water partition coefficient (Wildman–Crippen LogP) is 2.63. The van der Waals surface area contributed by atoms with Gasteiger partial charge in [0.05, 0.1) is 10.2 Å². The Morgan fingerprint density at radius 3 is 3.24 bits per heavy atom. The molecule has 0 radical (unpaired) electrons. The summed E-state index contributed by atoms with van der Waals surface area (Å²) < 4.78 is 1.29. The molecule has 0 amide bonds. The first-order chi connectivity index (χ1) is 8.35. The maximum absolute atomic E-state index is 4.63. The quantitative estimate of drug-likeness (QED) is 0.875. The molecular formula is C13H17N3S. The van der Waals surface area contributed by atoms with E-state index in [1.807, 2.05) is 0 Å². The van der Waals surface area contributed by atoms with Crippen LogP contribution in [0.15, 0.2) is 18.2 Å². The molecule has 17 heavy (non-hydrogen) atoms. The smallest absolute Gasteiger partial charge is 0.184 e. The van der Waals surface area contributed by atoms with E-state index in [2.05, 4.69) is 40.7 Å². The number of aryl methyl sites for hydroxylation is 1. The minimum absolute atomic E-state index is 0.543. The van der Waals surface area contributed by atoms with Crippen molar-refractivity contribution < 1.29 is 0 Å². The zero-order chi connectivity index (χ0) is 11.7. The van der Waals surface area contributed by atoms with E-state index in [9.17, 15) is 0 Å². The van der Waals surface area contributed by atoms with Gasteiger partial charge in [0.1, 0.15) is 0 Å². The first-order valence-electron chi connectivity index (χ1n) is 6.22. The van der Waals surface area contributed by atoms with E-state index in [4.69, 9.17) is 0 Å². The first kappa shape index (κ1) is 11.0. The Morgan fingerprint density at radius 1 is 1.53 bits per heavy atom. The van der Waals surface area contributed by atoms with Crippen LogP contribution in [-0.4, -0.2) is 24.1 Å². The molecule has 4 heteroatoms. The van der Waals surface area contributed by atoms with Crippen LogP contribution in [-0.2, 0) is 6.42 Å². The Hall–Kier alpha value is -1.13. The van der Waals surface area contributed by atoms with Crippen LogP contribution in [0.2, 0.25) is 0 Å². The lowest BCUT2D eigenvalue weighted by atomic mass is 10.2. The number of thiazole rings is 1. The molecule has 1 aliphatic rings. The fourth-order valence-corrected chi connectivity index (χ4v) is 3.21. The van der Waals surface area contributed by atoms with E-state index in [0.29, 0.717) is 6.04 Å². The average molecular weight is 247 g/mol. The summed E-state index contributed by atoms with van der Waals surface area (Å²) in [4.78, 5) is 4.63. The fourth-order valence-electron chi connectivity index (χ4n) is 2.20. The number of nitrogens with one attached hydrogen (secondary N) is 2. The van der Waals surface area contributed by atoms with Crippen molar-refractivity contribution >= 4 is 26.7 Å². The Morgan fingerprint density at radius 2 is 2.47 bits per heavy atom. The number of anilines is 1. The van der Waals surface area contributed by atoms with Gasteiger partial charge in [-0.15, -0.1) is 0 Å². The van der Waals surface area contributed by atoms with Crippen molar-refractivity contribution in [3.05, 3.63) is 23.8 Å². The molecule has 2 heterocycles. The van der Waals surface area contributed by atoms with E-state index < -0.39 is 0 Å². The summed E-state index contributed by atoms with van der Waals surface area (Å²) in [5, 5.41) is 7.93. The summed E-state index contributed by atoms with van der Waals surface area (Å²) in [5.74, 6) is 0. The lowest BCUT2D eigenvalue weighted by molar-refractivity contribution is 0.792. The third-order valence-electron chi connectivity index (χ3n) is 3.25. The Bertz CT molecular complexity index is 514. The second-order valence-electron chi connectivity index (χ2n) is 4.51. The summed E-state index contributed by atoms with van der Waals surface area (Å²) in [5.41, 5.74) is 2.50. The van der Waals surface area contributed by atoms with Gasteiger partial charge in [0.2, 0.25) is 0 Å². The van der Waals surface area contributed by atoms with Gasteiger partial charge in [-0.1, -0.05) is 24.3 Å². The van der Waals surface area contributed by atoms with Gasteiger partial charge in [0.15, 0.2) is 5.13 Å². The van der Waals surface area contributed by atoms with Crippen LogP contribution in [0.5, 0.6) is 0 Å². The highest BCUT2D eigenvalue weighted by molar-refractivity contribution is 7.22.